The van der Waals surface area contributed by atoms with E-state index in [1.165, 1.54) is 25.3 Å². The van der Waals surface area contributed by atoms with Crippen molar-refractivity contribution < 1.29 is 22.3 Å². The summed E-state index contributed by atoms with van der Waals surface area (Å²) in [6, 6.07) is 17.5. The Kier molecular flexibility index (Phi) is 6.74. The Balaban J connectivity index is 1.47. The predicted molar refractivity (Wildman–Crippen MR) is 129 cm³/mol. The van der Waals surface area contributed by atoms with Crippen LogP contribution in [0.1, 0.15) is 15.9 Å². The summed E-state index contributed by atoms with van der Waals surface area (Å²) in [7, 11) is -2.36. The Bertz CT molecular complexity index is 1270. The molecule has 0 saturated carbocycles. The molecule has 34 heavy (non-hydrogen) atoms. The number of methoxy groups -OCH3 is 1. The first-order chi connectivity index (χ1) is 16.3. The second-order valence-corrected chi connectivity index (χ2v) is 9.72. The third-order valence-corrected chi connectivity index (χ3v) is 7.35. The van der Waals surface area contributed by atoms with Gasteiger partial charge in [-0.25, -0.2) is 12.8 Å². The van der Waals surface area contributed by atoms with Crippen molar-refractivity contribution in [1.82, 2.24) is 4.90 Å². The summed E-state index contributed by atoms with van der Waals surface area (Å²) in [6.45, 7) is 3.87. The van der Waals surface area contributed by atoms with E-state index in [0.29, 0.717) is 48.7 Å². The third kappa shape index (κ3) is 5.14. The lowest BCUT2D eigenvalue weighted by Gasteiger charge is -2.36. The van der Waals surface area contributed by atoms with Gasteiger partial charge in [0.15, 0.2) is 0 Å². The van der Waals surface area contributed by atoms with Crippen LogP contribution in [0.15, 0.2) is 71.6 Å². The quantitative estimate of drug-likeness (QED) is 0.575. The SMILES string of the molecule is COc1ccc(NS(=O)(=O)c2cc(C(=O)N3CCN(c4ccc(F)cc4)CC3)ccc2C)cc1. The van der Waals surface area contributed by atoms with Gasteiger partial charge in [-0.15, -0.1) is 0 Å². The monoisotopic (exact) mass is 483 g/mol. The van der Waals surface area contributed by atoms with Gasteiger partial charge in [-0.2, -0.15) is 0 Å². The summed E-state index contributed by atoms with van der Waals surface area (Å²) < 4.78 is 46.9. The molecule has 1 fully saturated rings. The molecule has 0 radical (unpaired) electrons. The average molecular weight is 484 g/mol. The van der Waals surface area contributed by atoms with Crippen LogP contribution in [0.3, 0.4) is 0 Å². The second kappa shape index (κ2) is 9.72. The number of halogens is 1. The zero-order valence-corrected chi connectivity index (χ0v) is 19.8. The number of carbonyl (C=O) groups is 1. The number of nitrogens with zero attached hydrogens (tertiary/aromatic N) is 2. The standard InChI is InChI=1S/C25H26FN3O4S/c1-18-3-4-19(17-24(18)34(31,32)27-21-7-11-23(33-2)12-8-21)25(30)29-15-13-28(14-16-29)22-9-5-20(26)6-10-22/h3-12,17,27H,13-16H2,1-2H3. The molecule has 0 aliphatic carbocycles. The molecule has 0 aromatic heterocycles. The Hall–Kier alpha value is -3.59. The van der Waals surface area contributed by atoms with E-state index >= 15 is 0 Å². The lowest BCUT2D eigenvalue weighted by molar-refractivity contribution is 0.0746. The van der Waals surface area contributed by atoms with Crippen LogP contribution < -0.4 is 14.4 Å². The van der Waals surface area contributed by atoms with E-state index in [4.69, 9.17) is 4.74 Å². The Labute approximate surface area is 198 Å². The fourth-order valence-corrected chi connectivity index (χ4v) is 5.22. The minimum atomic E-state index is -3.90. The molecule has 1 amide bonds. The van der Waals surface area contributed by atoms with E-state index in [0.717, 1.165) is 5.69 Å². The summed E-state index contributed by atoms with van der Waals surface area (Å²) in [6.07, 6.45) is 0. The average Bonchev–Trinajstić information content (AvgIpc) is 2.84. The summed E-state index contributed by atoms with van der Waals surface area (Å²) in [5, 5.41) is 0. The van der Waals surface area contributed by atoms with Gasteiger partial charge in [0.05, 0.1) is 12.0 Å². The smallest absolute Gasteiger partial charge is 0.262 e. The maximum Gasteiger partial charge on any atom is 0.262 e. The number of carbonyl (C=O) groups excluding carboxylic acids is 1. The summed E-state index contributed by atoms with van der Waals surface area (Å²) in [4.78, 5) is 17.0. The second-order valence-electron chi connectivity index (χ2n) is 8.07. The molecule has 1 aliphatic rings. The van der Waals surface area contributed by atoms with Crippen LogP contribution >= 0.6 is 0 Å². The number of anilines is 2. The molecule has 0 unspecified atom stereocenters. The number of piperazine rings is 1. The van der Waals surface area contributed by atoms with Crippen molar-refractivity contribution in [1.29, 1.82) is 0 Å². The zero-order chi connectivity index (χ0) is 24.3. The Morgan fingerprint density at radius 3 is 2.21 bits per heavy atom. The first kappa shape index (κ1) is 23.6. The number of benzene rings is 3. The van der Waals surface area contributed by atoms with Crippen molar-refractivity contribution in [3.05, 3.63) is 83.7 Å². The first-order valence-corrected chi connectivity index (χ1v) is 12.3. The Morgan fingerprint density at radius 2 is 1.59 bits per heavy atom. The van der Waals surface area contributed by atoms with Crippen molar-refractivity contribution in [3.8, 4) is 5.75 Å². The highest BCUT2D eigenvalue weighted by Crippen LogP contribution is 2.24. The molecule has 1 N–H and O–H groups in total. The predicted octanol–water partition coefficient (Wildman–Crippen LogP) is 3.91. The molecular weight excluding hydrogens is 457 g/mol. The van der Waals surface area contributed by atoms with Crippen LogP contribution in [-0.4, -0.2) is 52.5 Å². The van der Waals surface area contributed by atoms with E-state index < -0.39 is 10.0 Å². The molecule has 4 rings (SSSR count). The van der Waals surface area contributed by atoms with E-state index in [1.807, 2.05) is 0 Å². The minimum Gasteiger partial charge on any atom is -0.497 e. The highest BCUT2D eigenvalue weighted by molar-refractivity contribution is 7.92. The molecule has 0 spiro atoms. The number of nitrogens with one attached hydrogen (secondary N) is 1. The molecule has 178 valence electrons. The van der Waals surface area contributed by atoms with Gasteiger partial charge >= 0.3 is 0 Å². The van der Waals surface area contributed by atoms with Gasteiger partial charge in [0.1, 0.15) is 11.6 Å². The number of aryl methyl sites for hydroxylation is 1. The number of amides is 1. The van der Waals surface area contributed by atoms with Crippen LogP contribution in [0.2, 0.25) is 0 Å². The highest BCUT2D eigenvalue weighted by atomic mass is 32.2. The molecule has 0 bridgehead atoms. The molecule has 7 nitrogen and oxygen atoms in total. The maximum absolute atomic E-state index is 13.2. The molecule has 1 heterocycles. The molecular formula is C25H26FN3O4S. The topological polar surface area (TPSA) is 78.9 Å². The van der Waals surface area contributed by atoms with Crippen molar-refractivity contribution in [3.63, 3.8) is 0 Å². The summed E-state index contributed by atoms with van der Waals surface area (Å²) >= 11 is 0. The van der Waals surface area contributed by atoms with Gasteiger partial charge in [-0.05, 0) is 73.2 Å². The first-order valence-electron chi connectivity index (χ1n) is 10.8. The Morgan fingerprint density at radius 1 is 0.941 bits per heavy atom. The fraction of sp³-hybridized carbons (Fsp3) is 0.240. The van der Waals surface area contributed by atoms with Gasteiger partial charge in [0, 0.05) is 43.1 Å². The highest BCUT2D eigenvalue weighted by Gasteiger charge is 2.25. The van der Waals surface area contributed by atoms with Gasteiger partial charge in [0.25, 0.3) is 15.9 Å². The van der Waals surface area contributed by atoms with Gasteiger partial charge in [0.2, 0.25) is 0 Å². The maximum atomic E-state index is 13.2. The molecule has 0 atom stereocenters. The van der Waals surface area contributed by atoms with Gasteiger partial charge in [-0.3, -0.25) is 9.52 Å². The number of hydrogen-bond donors (Lipinski definition) is 1. The lowest BCUT2D eigenvalue weighted by Crippen LogP contribution is -2.48. The molecule has 1 aliphatic heterocycles. The van der Waals surface area contributed by atoms with Crippen molar-refractivity contribution in [2.24, 2.45) is 0 Å². The molecule has 9 heteroatoms. The van der Waals surface area contributed by atoms with Crippen molar-refractivity contribution in [2.75, 3.05) is 42.9 Å². The van der Waals surface area contributed by atoms with Crippen LogP contribution in [0.5, 0.6) is 5.75 Å². The van der Waals surface area contributed by atoms with Crippen LogP contribution in [0.25, 0.3) is 0 Å². The number of ether oxygens (including phenoxy) is 1. The van der Waals surface area contributed by atoms with E-state index in [1.54, 1.807) is 60.4 Å². The zero-order valence-electron chi connectivity index (χ0n) is 19.0. The van der Waals surface area contributed by atoms with Crippen molar-refractivity contribution in [2.45, 2.75) is 11.8 Å². The molecule has 3 aromatic rings. The summed E-state index contributed by atoms with van der Waals surface area (Å²) in [5.41, 5.74) is 2.16. The normalized spacial score (nSPS) is 14.1. The van der Waals surface area contributed by atoms with Crippen LogP contribution in [0.4, 0.5) is 15.8 Å². The van der Waals surface area contributed by atoms with E-state index in [9.17, 15) is 17.6 Å². The van der Waals surface area contributed by atoms with Crippen LogP contribution in [0, 0.1) is 12.7 Å². The summed E-state index contributed by atoms with van der Waals surface area (Å²) in [5.74, 6) is 0.107. The van der Waals surface area contributed by atoms with E-state index in [2.05, 4.69) is 9.62 Å². The third-order valence-electron chi connectivity index (χ3n) is 5.83. The molecule has 3 aromatic carbocycles. The minimum absolute atomic E-state index is 0.0547. The lowest BCUT2D eigenvalue weighted by atomic mass is 10.1. The number of hydrogen-bond acceptors (Lipinski definition) is 5. The van der Waals surface area contributed by atoms with Gasteiger partial charge in [-0.1, -0.05) is 6.07 Å². The fourth-order valence-electron chi connectivity index (χ4n) is 3.89. The van der Waals surface area contributed by atoms with Gasteiger partial charge < -0.3 is 14.5 Å². The molecule has 1 saturated heterocycles. The van der Waals surface area contributed by atoms with E-state index in [-0.39, 0.29) is 16.6 Å². The van der Waals surface area contributed by atoms with Crippen LogP contribution in [-0.2, 0) is 10.0 Å². The largest absolute Gasteiger partial charge is 0.497 e. The van der Waals surface area contributed by atoms with Crippen molar-refractivity contribution >= 4 is 27.3 Å². The number of sulfonamides is 1. The number of rotatable bonds is 6.